The number of hydrogen-bond donors (Lipinski definition) is 1. The van der Waals surface area contributed by atoms with Gasteiger partial charge in [0, 0.05) is 10.8 Å². The molecule has 0 unspecified atom stereocenters. The first-order chi connectivity index (χ1) is 6.27. The lowest BCUT2D eigenvalue weighted by Crippen LogP contribution is -2.29. The molecule has 0 bridgehead atoms. The van der Waals surface area contributed by atoms with Crippen molar-refractivity contribution in [2.45, 2.75) is 0 Å². The van der Waals surface area contributed by atoms with Crippen LogP contribution in [0.25, 0.3) is 0 Å². The van der Waals surface area contributed by atoms with Gasteiger partial charge >= 0.3 is 0 Å². The lowest BCUT2D eigenvalue weighted by molar-refractivity contribution is -0.904. The van der Waals surface area contributed by atoms with E-state index in [-0.39, 0.29) is 5.71 Å². The summed E-state index contributed by atoms with van der Waals surface area (Å²) in [5.74, 6) is 0. The maximum atomic E-state index is 9.04. The highest BCUT2D eigenvalue weighted by Crippen LogP contribution is 1.96. The first-order valence-electron chi connectivity index (χ1n) is 3.50. The van der Waals surface area contributed by atoms with Gasteiger partial charge < -0.3 is 4.84 Å². The molecule has 13 heavy (non-hydrogen) atoms. The summed E-state index contributed by atoms with van der Waals surface area (Å²) in [6.45, 7) is 0. The first-order valence-corrected chi connectivity index (χ1v) is 3.50. The molecule has 0 aliphatic rings. The standard InChI is InChI=1S/C8H8N3O2/c1-13-10-8(5-9)7-3-2-4-11(12)6-7/h2-4,6,12H,1H3/q+1. The predicted molar refractivity (Wildman–Crippen MR) is 43.0 cm³/mol. The van der Waals surface area contributed by atoms with Gasteiger partial charge in [-0.15, -0.1) is 0 Å². The molecule has 0 aliphatic heterocycles. The van der Waals surface area contributed by atoms with Crippen LogP contribution < -0.4 is 4.73 Å². The Labute approximate surface area is 75.1 Å². The van der Waals surface area contributed by atoms with Gasteiger partial charge in [-0.2, -0.15) is 5.26 Å². The molecule has 0 aliphatic carbocycles. The predicted octanol–water partition coefficient (Wildman–Crippen LogP) is 0.0855. The summed E-state index contributed by atoms with van der Waals surface area (Å²) >= 11 is 0. The van der Waals surface area contributed by atoms with Crippen LogP contribution >= 0.6 is 0 Å². The zero-order valence-electron chi connectivity index (χ0n) is 7.01. The molecular weight excluding hydrogens is 170 g/mol. The number of oxime groups is 1. The van der Waals surface area contributed by atoms with E-state index in [0.717, 1.165) is 4.73 Å². The van der Waals surface area contributed by atoms with Crippen molar-refractivity contribution in [2.75, 3.05) is 7.11 Å². The van der Waals surface area contributed by atoms with Crippen LogP contribution in [0.4, 0.5) is 0 Å². The third-order valence-corrected chi connectivity index (χ3v) is 1.35. The lowest BCUT2D eigenvalue weighted by Gasteiger charge is -1.92. The zero-order valence-corrected chi connectivity index (χ0v) is 7.01. The molecule has 5 nitrogen and oxygen atoms in total. The molecule has 0 radical (unpaired) electrons. The lowest BCUT2D eigenvalue weighted by atomic mass is 10.2. The second-order valence-electron chi connectivity index (χ2n) is 2.21. The summed E-state index contributed by atoms with van der Waals surface area (Å²) in [6.07, 6.45) is 2.80. The number of nitriles is 1. The summed E-state index contributed by atoms with van der Waals surface area (Å²) < 4.78 is 0.845. The maximum Gasteiger partial charge on any atom is 0.232 e. The highest BCUT2D eigenvalue weighted by Gasteiger charge is 2.07. The average molecular weight is 178 g/mol. The number of aromatic nitrogens is 1. The third-order valence-electron chi connectivity index (χ3n) is 1.35. The van der Waals surface area contributed by atoms with Crippen molar-refractivity contribution < 1.29 is 14.8 Å². The van der Waals surface area contributed by atoms with Crippen LogP contribution in [0.1, 0.15) is 5.56 Å². The normalized spacial score (nSPS) is 10.6. The molecule has 0 aromatic carbocycles. The summed E-state index contributed by atoms with van der Waals surface area (Å²) in [4.78, 5) is 4.46. The molecule has 1 aromatic heterocycles. The van der Waals surface area contributed by atoms with Crippen molar-refractivity contribution in [3.8, 4) is 6.07 Å². The summed E-state index contributed by atoms with van der Waals surface area (Å²) in [5, 5.41) is 21.2. The van der Waals surface area contributed by atoms with E-state index in [1.807, 2.05) is 6.07 Å². The SMILES string of the molecule is CON=C(C#N)c1ccc[n+](O)c1. The zero-order chi connectivity index (χ0) is 9.68. The van der Waals surface area contributed by atoms with E-state index in [0.29, 0.717) is 5.56 Å². The Kier molecular flexibility index (Phi) is 2.82. The Balaban J connectivity index is 3.07. The van der Waals surface area contributed by atoms with Gasteiger partial charge in [0.2, 0.25) is 12.4 Å². The third kappa shape index (κ3) is 2.17. The molecule has 0 spiro atoms. The van der Waals surface area contributed by atoms with E-state index < -0.39 is 0 Å². The molecule has 5 heteroatoms. The second kappa shape index (κ2) is 4.07. The fourth-order valence-electron chi connectivity index (χ4n) is 0.832. The second-order valence-corrected chi connectivity index (χ2v) is 2.21. The molecular formula is C8H8N3O2+. The van der Waals surface area contributed by atoms with E-state index in [4.69, 9.17) is 10.5 Å². The van der Waals surface area contributed by atoms with Gasteiger partial charge in [0.25, 0.3) is 0 Å². The van der Waals surface area contributed by atoms with Gasteiger partial charge in [0.1, 0.15) is 13.2 Å². The van der Waals surface area contributed by atoms with Gasteiger partial charge in [-0.05, 0) is 6.07 Å². The first kappa shape index (κ1) is 9.00. The topological polar surface area (TPSA) is 69.5 Å². The van der Waals surface area contributed by atoms with E-state index in [9.17, 15) is 0 Å². The van der Waals surface area contributed by atoms with Crippen molar-refractivity contribution in [1.82, 2.24) is 0 Å². The van der Waals surface area contributed by atoms with Gasteiger partial charge in [-0.3, -0.25) is 5.21 Å². The van der Waals surface area contributed by atoms with Gasteiger partial charge in [0.15, 0.2) is 5.71 Å². The van der Waals surface area contributed by atoms with Crippen molar-refractivity contribution in [1.29, 1.82) is 5.26 Å². The summed E-state index contributed by atoms with van der Waals surface area (Å²) in [6, 6.07) is 5.09. The molecule has 66 valence electrons. The van der Waals surface area contributed by atoms with E-state index in [1.54, 1.807) is 12.1 Å². The Morgan fingerprint density at radius 3 is 3.08 bits per heavy atom. The molecule has 1 aromatic rings. The highest BCUT2D eigenvalue weighted by atomic mass is 16.6. The van der Waals surface area contributed by atoms with E-state index >= 15 is 0 Å². The Morgan fingerprint density at radius 1 is 1.77 bits per heavy atom. The minimum Gasteiger partial charge on any atom is -0.398 e. The fourth-order valence-corrected chi connectivity index (χ4v) is 0.832. The molecule has 1 N–H and O–H groups in total. The minimum absolute atomic E-state index is 0.117. The van der Waals surface area contributed by atoms with Crippen LogP contribution in [-0.2, 0) is 4.84 Å². The van der Waals surface area contributed by atoms with Crippen LogP contribution in [-0.4, -0.2) is 18.0 Å². The molecule has 1 heterocycles. The summed E-state index contributed by atoms with van der Waals surface area (Å²) in [7, 11) is 1.35. The average Bonchev–Trinajstić information content (AvgIpc) is 2.14. The summed E-state index contributed by atoms with van der Waals surface area (Å²) in [5.41, 5.74) is 0.611. The van der Waals surface area contributed by atoms with Crippen LogP contribution in [0.3, 0.4) is 0 Å². The maximum absolute atomic E-state index is 9.04. The minimum atomic E-state index is 0.117. The molecule has 1 rings (SSSR count). The quantitative estimate of drug-likeness (QED) is 0.302. The molecule has 0 fully saturated rings. The van der Waals surface area contributed by atoms with Crippen molar-refractivity contribution in [3.05, 3.63) is 30.1 Å². The number of nitrogens with zero attached hydrogens (tertiary/aromatic N) is 3. The van der Waals surface area contributed by atoms with Gasteiger partial charge in [-0.1, -0.05) is 5.16 Å². The van der Waals surface area contributed by atoms with Crippen LogP contribution in [0.2, 0.25) is 0 Å². The number of hydrogen-bond acceptors (Lipinski definition) is 4. The number of rotatable bonds is 2. The molecule has 0 saturated heterocycles. The molecule has 0 amide bonds. The fraction of sp³-hybridized carbons (Fsp3) is 0.125. The smallest absolute Gasteiger partial charge is 0.232 e. The van der Waals surface area contributed by atoms with Gasteiger partial charge in [0.05, 0.1) is 5.56 Å². The van der Waals surface area contributed by atoms with Crippen molar-refractivity contribution >= 4 is 5.71 Å². The largest absolute Gasteiger partial charge is 0.398 e. The Bertz CT molecular complexity index is 368. The Hall–Kier alpha value is -2.09. The monoisotopic (exact) mass is 178 g/mol. The number of pyridine rings is 1. The van der Waals surface area contributed by atoms with Crippen molar-refractivity contribution in [2.24, 2.45) is 5.16 Å². The highest BCUT2D eigenvalue weighted by molar-refractivity contribution is 6.10. The van der Waals surface area contributed by atoms with E-state index in [2.05, 4.69) is 9.99 Å². The molecule has 0 saturated carbocycles. The van der Waals surface area contributed by atoms with Crippen LogP contribution in [0, 0.1) is 11.3 Å². The van der Waals surface area contributed by atoms with Crippen LogP contribution in [0.15, 0.2) is 29.7 Å². The van der Waals surface area contributed by atoms with E-state index in [1.165, 1.54) is 19.5 Å². The van der Waals surface area contributed by atoms with Crippen molar-refractivity contribution in [3.63, 3.8) is 0 Å². The molecule has 0 atom stereocenters. The Morgan fingerprint density at radius 2 is 2.54 bits per heavy atom. The van der Waals surface area contributed by atoms with Crippen LogP contribution in [0.5, 0.6) is 0 Å². The van der Waals surface area contributed by atoms with Gasteiger partial charge in [-0.25, -0.2) is 0 Å².